The van der Waals surface area contributed by atoms with Gasteiger partial charge in [-0.05, 0) is 54.4 Å². The number of hydrogen-bond donors (Lipinski definition) is 2. The first-order valence-corrected chi connectivity index (χ1v) is 8.93. The van der Waals surface area contributed by atoms with E-state index in [1.807, 2.05) is 54.6 Å². The van der Waals surface area contributed by atoms with Gasteiger partial charge in [-0.15, -0.1) is 0 Å². The molecule has 0 heterocycles. The van der Waals surface area contributed by atoms with Crippen molar-refractivity contribution in [3.05, 3.63) is 94.0 Å². The van der Waals surface area contributed by atoms with Crippen LogP contribution in [-0.4, -0.2) is 12.1 Å². The third-order valence-corrected chi connectivity index (χ3v) is 4.29. The van der Waals surface area contributed by atoms with Crippen LogP contribution in [0.1, 0.15) is 21.5 Å². The van der Waals surface area contributed by atoms with Crippen molar-refractivity contribution in [1.29, 1.82) is 0 Å². The highest BCUT2D eigenvalue weighted by Gasteiger charge is 2.03. The van der Waals surface area contributed by atoms with Gasteiger partial charge in [0.05, 0.1) is 6.21 Å². The first-order valence-electron chi connectivity index (χ1n) is 8.13. The van der Waals surface area contributed by atoms with Crippen molar-refractivity contribution in [2.24, 2.45) is 5.10 Å². The fourth-order valence-corrected chi connectivity index (χ4v) is 2.78. The van der Waals surface area contributed by atoms with Gasteiger partial charge in [0.15, 0.2) is 0 Å². The van der Waals surface area contributed by atoms with Gasteiger partial charge in [0, 0.05) is 21.4 Å². The van der Waals surface area contributed by atoms with E-state index in [4.69, 9.17) is 0 Å². The van der Waals surface area contributed by atoms with E-state index < -0.39 is 0 Å². The lowest BCUT2D eigenvalue weighted by molar-refractivity contribution is 0.0955. The Hall–Kier alpha value is -2.92. The van der Waals surface area contributed by atoms with Crippen molar-refractivity contribution >= 4 is 39.4 Å². The summed E-state index contributed by atoms with van der Waals surface area (Å²) in [5.74, 6) is -0.250. The van der Waals surface area contributed by atoms with Crippen LogP contribution in [0.4, 0.5) is 11.4 Å². The van der Waals surface area contributed by atoms with E-state index in [-0.39, 0.29) is 5.91 Å². The van der Waals surface area contributed by atoms with E-state index in [1.54, 1.807) is 18.3 Å². The van der Waals surface area contributed by atoms with Crippen LogP contribution in [0.3, 0.4) is 0 Å². The van der Waals surface area contributed by atoms with Crippen LogP contribution in [0.5, 0.6) is 0 Å². The number of anilines is 2. The summed E-state index contributed by atoms with van der Waals surface area (Å²) in [5.41, 5.74) is 7.24. The standard InChI is InChI=1S/C21H18BrN3O/c1-15-5-2-3-8-20(15)24-19-11-9-16(10-12-19)14-23-25-21(26)17-6-4-7-18(22)13-17/h2-14,24H,1H3,(H,25,26)/b23-14+. The summed E-state index contributed by atoms with van der Waals surface area (Å²) in [4.78, 5) is 12.0. The minimum atomic E-state index is -0.250. The van der Waals surface area contributed by atoms with Crippen molar-refractivity contribution in [3.63, 3.8) is 0 Å². The van der Waals surface area contributed by atoms with Crippen LogP contribution >= 0.6 is 15.9 Å². The summed E-state index contributed by atoms with van der Waals surface area (Å²) in [5, 5.41) is 7.40. The maximum atomic E-state index is 12.0. The Kier molecular flexibility index (Phi) is 5.81. The van der Waals surface area contributed by atoms with Crippen LogP contribution in [-0.2, 0) is 0 Å². The zero-order chi connectivity index (χ0) is 18.4. The van der Waals surface area contributed by atoms with E-state index in [2.05, 4.69) is 44.8 Å². The van der Waals surface area contributed by atoms with Crippen LogP contribution in [0.25, 0.3) is 0 Å². The molecule has 5 heteroatoms. The Bertz CT molecular complexity index is 936. The number of nitrogens with one attached hydrogen (secondary N) is 2. The SMILES string of the molecule is Cc1ccccc1Nc1ccc(/C=N/NC(=O)c2cccc(Br)c2)cc1. The van der Waals surface area contributed by atoms with E-state index in [9.17, 15) is 4.79 Å². The summed E-state index contributed by atoms with van der Waals surface area (Å²) in [7, 11) is 0. The highest BCUT2D eigenvalue weighted by Crippen LogP contribution is 2.20. The molecular weight excluding hydrogens is 390 g/mol. The van der Waals surface area contributed by atoms with Crippen molar-refractivity contribution in [3.8, 4) is 0 Å². The second-order valence-corrected chi connectivity index (χ2v) is 6.69. The van der Waals surface area contributed by atoms with E-state index in [1.165, 1.54) is 5.56 Å². The molecule has 0 atom stereocenters. The molecule has 0 fully saturated rings. The summed E-state index contributed by atoms with van der Waals surface area (Å²) in [6, 6.07) is 23.1. The minimum Gasteiger partial charge on any atom is -0.355 e. The monoisotopic (exact) mass is 407 g/mol. The lowest BCUT2D eigenvalue weighted by atomic mass is 10.2. The number of hydrazone groups is 1. The number of nitrogens with zero attached hydrogens (tertiary/aromatic N) is 1. The topological polar surface area (TPSA) is 53.5 Å². The molecule has 0 radical (unpaired) electrons. The van der Waals surface area contributed by atoms with Gasteiger partial charge in [0.25, 0.3) is 5.91 Å². The molecule has 0 aliphatic carbocycles. The van der Waals surface area contributed by atoms with Crippen LogP contribution < -0.4 is 10.7 Å². The van der Waals surface area contributed by atoms with Gasteiger partial charge in [-0.2, -0.15) is 5.10 Å². The molecule has 4 nitrogen and oxygen atoms in total. The fraction of sp³-hybridized carbons (Fsp3) is 0.0476. The van der Waals surface area contributed by atoms with Crippen molar-refractivity contribution in [1.82, 2.24) is 5.43 Å². The van der Waals surface area contributed by atoms with Crippen molar-refractivity contribution in [2.75, 3.05) is 5.32 Å². The summed E-state index contributed by atoms with van der Waals surface area (Å²) < 4.78 is 0.853. The van der Waals surface area contributed by atoms with Gasteiger partial charge in [-0.3, -0.25) is 4.79 Å². The summed E-state index contributed by atoms with van der Waals surface area (Å²) in [6.07, 6.45) is 1.62. The zero-order valence-corrected chi connectivity index (χ0v) is 15.8. The molecular formula is C21H18BrN3O. The molecule has 0 aliphatic heterocycles. The Labute approximate surface area is 161 Å². The second kappa shape index (κ2) is 8.45. The molecule has 3 aromatic rings. The molecule has 0 aliphatic rings. The van der Waals surface area contributed by atoms with E-state index in [0.29, 0.717) is 5.56 Å². The summed E-state index contributed by atoms with van der Waals surface area (Å²) >= 11 is 3.35. The number of benzene rings is 3. The first kappa shape index (κ1) is 17.9. The molecule has 130 valence electrons. The second-order valence-electron chi connectivity index (χ2n) is 5.77. The van der Waals surface area contributed by atoms with Crippen LogP contribution in [0.15, 0.2) is 82.4 Å². The Morgan fingerprint density at radius 2 is 1.77 bits per heavy atom. The quantitative estimate of drug-likeness (QED) is 0.447. The first-order chi connectivity index (χ1) is 12.6. The average Bonchev–Trinajstić information content (AvgIpc) is 2.65. The van der Waals surface area contributed by atoms with E-state index in [0.717, 1.165) is 21.4 Å². The Morgan fingerprint density at radius 3 is 2.50 bits per heavy atom. The van der Waals surface area contributed by atoms with Crippen molar-refractivity contribution < 1.29 is 4.79 Å². The van der Waals surface area contributed by atoms with Crippen LogP contribution in [0, 0.1) is 6.92 Å². The predicted octanol–water partition coefficient (Wildman–Crippen LogP) is 5.27. The highest BCUT2D eigenvalue weighted by atomic mass is 79.9. The maximum absolute atomic E-state index is 12.0. The third-order valence-electron chi connectivity index (χ3n) is 3.80. The number of hydrogen-bond acceptors (Lipinski definition) is 3. The average molecular weight is 408 g/mol. The smallest absolute Gasteiger partial charge is 0.271 e. The van der Waals surface area contributed by atoms with Gasteiger partial charge in [-0.1, -0.05) is 52.3 Å². The normalized spacial score (nSPS) is 10.7. The fourth-order valence-electron chi connectivity index (χ4n) is 2.38. The number of halogens is 1. The molecule has 26 heavy (non-hydrogen) atoms. The highest BCUT2D eigenvalue weighted by molar-refractivity contribution is 9.10. The molecule has 3 aromatic carbocycles. The minimum absolute atomic E-state index is 0.250. The predicted molar refractivity (Wildman–Crippen MR) is 110 cm³/mol. The molecule has 1 amide bonds. The Balaban J connectivity index is 1.59. The number of para-hydroxylation sites is 1. The summed E-state index contributed by atoms with van der Waals surface area (Å²) in [6.45, 7) is 2.07. The lowest BCUT2D eigenvalue weighted by Gasteiger charge is -2.09. The molecule has 0 bridgehead atoms. The molecule has 0 aromatic heterocycles. The number of amides is 1. The molecule has 0 unspecified atom stereocenters. The van der Waals surface area contributed by atoms with Crippen molar-refractivity contribution in [2.45, 2.75) is 6.92 Å². The van der Waals surface area contributed by atoms with Gasteiger partial charge in [0.2, 0.25) is 0 Å². The molecule has 2 N–H and O–H groups in total. The van der Waals surface area contributed by atoms with Crippen LogP contribution in [0.2, 0.25) is 0 Å². The molecule has 3 rings (SSSR count). The van der Waals surface area contributed by atoms with Gasteiger partial charge >= 0.3 is 0 Å². The molecule has 0 saturated heterocycles. The number of aryl methyl sites for hydroxylation is 1. The van der Waals surface area contributed by atoms with Gasteiger partial charge in [0.1, 0.15) is 0 Å². The largest absolute Gasteiger partial charge is 0.355 e. The third kappa shape index (κ3) is 4.80. The zero-order valence-electron chi connectivity index (χ0n) is 14.2. The van der Waals surface area contributed by atoms with Gasteiger partial charge in [-0.25, -0.2) is 5.43 Å². The Morgan fingerprint density at radius 1 is 1.00 bits per heavy atom. The number of carbonyl (C=O) groups is 1. The van der Waals surface area contributed by atoms with Gasteiger partial charge < -0.3 is 5.32 Å². The van der Waals surface area contributed by atoms with E-state index >= 15 is 0 Å². The lowest BCUT2D eigenvalue weighted by Crippen LogP contribution is -2.17. The number of rotatable bonds is 5. The number of carbonyl (C=O) groups excluding carboxylic acids is 1. The molecule has 0 saturated carbocycles. The molecule has 0 spiro atoms. The maximum Gasteiger partial charge on any atom is 0.271 e.